The van der Waals surface area contributed by atoms with Crippen molar-refractivity contribution in [2.75, 3.05) is 26.7 Å². The molecule has 1 saturated heterocycles. The Morgan fingerprint density at radius 3 is 2.31 bits per heavy atom. The molecule has 0 aromatic carbocycles. The predicted molar refractivity (Wildman–Crippen MR) is 68.5 cm³/mol. The zero-order chi connectivity index (χ0) is 11.4. The van der Waals surface area contributed by atoms with E-state index in [1.54, 1.807) is 0 Å². The molecule has 1 aliphatic heterocycles. The lowest BCUT2D eigenvalue weighted by atomic mass is 9.86. The summed E-state index contributed by atoms with van der Waals surface area (Å²) in [4.78, 5) is 2.43. The van der Waals surface area contributed by atoms with E-state index in [9.17, 15) is 0 Å². The second kappa shape index (κ2) is 5.99. The van der Waals surface area contributed by atoms with Gasteiger partial charge in [0, 0.05) is 12.1 Å². The van der Waals surface area contributed by atoms with Gasteiger partial charge in [0.2, 0.25) is 0 Å². The van der Waals surface area contributed by atoms with E-state index >= 15 is 0 Å². The van der Waals surface area contributed by atoms with Crippen LogP contribution < -0.4 is 11.1 Å². The second-order valence-corrected chi connectivity index (χ2v) is 5.77. The summed E-state index contributed by atoms with van der Waals surface area (Å²) in [5.41, 5.74) is 5.93. The standard InChI is InChI=1S/C13H27N3/c1-16-8-6-13(7-9-16)15-10-11-2-4-12(14)5-3-11/h11-13,15H,2-10,14H2,1H3. The van der Waals surface area contributed by atoms with Gasteiger partial charge in [-0.3, -0.25) is 0 Å². The van der Waals surface area contributed by atoms with Crippen molar-refractivity contribution >= 4 is 0 Å². The molecule has 0 aromatic heterocycles. The van der Waals surface area contributed by atoms with Crippen LogP contribution in [0.15, 0.2) is 0 Å². The van der Waals surface area contributed by atoms with Gasteiger partial charge in [-0.1, -0.05) is 0 Å². The minimum absolute atomic E-state index is 0.486. The minimum atomic E-state index is 0.486. The summed E-state index contributed by atoms with van der Waals surface area (Å²) in [6.45, 7) is 3.74. The Morgan fingerprint density at radius 2 is 1.69 bits per heavy atom. The number of hydrogen-bond donors (Lipinski definition) is 2. The highest BCUT2D eigenvalue weighted by molar-refractivity contribution is 4.79. The monoisotopic (exact) mass is 225 g/mol. The fraction of sp³-hybridized carbons (Fsp3) is 1.00. The van der Waals surface area contributed by atoms with Crippen LogP contribution in [0.1, 0.15) is 38.5 Å². The van der Waals surface area contributed by atoms with Crippen LogP contribution in [0.3, 0.4) is 0 Å². The lowest BCUT2D eigenvalue weighted by Crippen LogP contribution is -2.43. The topological polar surface area (TPSA) is 41.3 Å². The van der Waals surface area contributed by atoms with Crippen LogP contribution in [0.5, 0.6) is 0 Å². The first-order valence-electron chi connectivity index (χ1n) is 6.91. The van der Waals surface area contributed by atoms with Crippen molar-refractivity contribution in [2.24, 2.45) is 11.7 Å². The van der Waals surface area contributed by atoms with Gasteiger partial charge in [-0.2, -0.15) is 0 Å². The summed E-state index contributed by atoms with van der Waals surface area (Å²) in [5.74, 6) is 0.888. The Bertz CT molecular complexity index is 169. The van der Waals surface area contributed by atoms with Crippen molar-refractivity contribution in [1.29, 1.82) is 0 Å². The summed E-state index contributed by atoms with van der Waals surface area (Å²) in [6.07, 6.45) is 7.78. The zero-order valence-electron chi connectivity index (χ0n) is 10.6. The molecule has 3 heteroatoms. The van der Waals surface area contributed by atoms with Gasteiger partial charge in [-0.05, 0) is 71.1 Å². The number of hydrogen-bond acceptors (Lipinski definition) is 3. The molecule has 0 unspecified atom stereocenters. The van der Waals surface area contributed by atoms with Gasteiger partial charge in [0.15, 0.2) is 0 Å². The highest BCUT2D eigenvalue weighted by atomic mass is 15.1. The molecular formula is C13H27N3. The molecule has 1 aliphatic carbocycles. The molecule has 3 nitrogen and oxygen atoms in total. The van der Waals surface area contributed by atoms with Gasteiger partial charge in [0.05, 0.1) is 0 Å². The number of likely N-dealkylation sites (tertiary alicyclic amines) is 1. The molecule has 0 spiro atoms. The molecular weight excluding hydrogens is 198 g/mol. The van der Waals surface area contributed by atoms with Crippen LogP contribution in [0.25, 0.3) is 0 Å². The van der Waals surface area contributed by atoms with E-state index in [4.69, 9.17) is 5.73 Å². The summed E-state index contributed by atoms with van der Waals surface area (Å²) in [5, 5.41) is 3.76. The molecule has 3 N–H and O–H groups in total. The third-order valence-electron chi connectivity index (χ3n) is 4.31. The first-order valence-corrected chi connectivity index (χ1v) is 6.91. The Hall–Kier alpha value is -0.120. The lowest BCUT2D eigenvalue weighted by molar-refractivity contribution is 0.221. The third kappa shape index (κ3) is 3.72. The molecule has 94 valence electrons. The third-order valence-corrected chi connectivity index (χ3v) is 4.31. The molecule has 0 bridgehead atoms. The molecule has 1 saturated carbocycles. The SMILES string of the molecule is CN1CCC(NCC2CCC(N)CC2)CC1. The van der Waals surface area contributed by atoms with Crippen LogP contribution in [-0.2, 0) is 0 Å². The fourth-order valence-corrected chi connectivity index (χ4v) is 2.94. The van der Waals surface area contributed by atoms with Crippen molar-refractivity contribution in [3.63, 3.8) is 0 Å². The van der Waals surface area contributed by atoms with E-state index in [2.05, 4.69) is 17.3 Å². The number of piperidine rings is 1. The van der Waals surface area contributed by atoms with Gasteiger partial charge in [0.1, 0.15) is 0 Å². The maximum absolute atomic E-state index is 5.93. The normalized spacial score (nSPS) is 34.1. The van der Waals surface area contributed by atoms with Crippen molar-refractivity contribution in [3.05, 3.63) is 0 Å². The maximum Gasteiger partial charge on any atom is 0.00915 e. The van der Waals surface area contributed by atoms with E-state index in [1.807, 2.05) is 0 Å². The fourth-order valence-electron chi connectivity index (χ4n) is 2.94. The molecule has 1 heterocycles. The molecule has 0 atom stereocenters. The molecule has 0 aromatic rings. The maximum atomic E-state index is 5.93. The highest BCUT2D eigenvalue weighted by Gasteiger charge is 2.21. The Balaban J connectivity index is 1.60. The predicted octanol–water partition coefficient (Wildman–Crippen LogP) is 1.19. The number of nitrogens with two attached hydrogens (primary N) is 1. The van der Waals surface area contributed by atoms with Crippen LogP contribution in [0.4, 0.5) is 0 Å². The average molecular weight is 225 g/mol. The molecule has 2 fully saturated rings. The average Bonchev–Trinajstić information content (AvgIpc) is 2.30. The molecule has 2 aliphatic rings. The van der Waals surface area contributed by atoms with E-state index in [0.717, 1.165) is 12.0 Å². The summed E-state index contributed by atoms with van der Waals surface area (Å²) in [7, 11) is 2.22. The van der Waals surface area contributed by atoms with Crippen LogP contribution in [-0.4, -0.2) is 43.7 Å². The number of nitrogens with zero attached hydrogens (tertiary/aromatic N) is 1. The van der Waals surface area contributed by atoms with Gasteiger partial charge >= 0.3 is 0 Å². The first kappa shape index (κ1) is 12.3. The number of rotatable bonds is 3. The van der Waals surface area contributed by atoms with E-state index < -0.39 is 0 Å². The number of nitrogens with one attached hydrogen (secondary N) is 1. The molecule has 0 amide bonds. The van der Waals surface area contributed by atoms with Crippen molar-refractivity contribution in [2.45, 2.75) is 50.6 Å². The van der Waals surface area contributed by atoms with Crippen LogP contribution in [0.2, 0.25) is 0 Å². The minimum Gasteiger partial charge on any atom is -0.328 e. The van der Waals surface area contributed by atoms with E-state index in [0.29, 0.717) is 6.04 Å². The van der Waals surface area contributed by atoms with Crippen molar-refractivity contribution in [1.82, 2.24) is 10.2 Å². The van der Waals surface area contributed by atoms with Gasteiger partial charge in [-0.15, -0.1) is 0 Å². The molecule has 2 rings (SSSR count). The Labute approximate surface area is 99.8 Å². The van der Waals surface area contributed by atoms with Crippen molar-refractivity contribution in [3.8, 4) is 0 Å². The first-order chi connectivity index (χ1) is 7.74. The molecule has 16 heavy (non-hydrogen) atoms. The van der Waals surface area contributed by atoms with Crippen LogP contribution in [0, 0.1) is 5.92 Å². The second-order valence-electron chi connectivity index (χ2n) is 5.77. The quantitative estimate of drug-likeness (QED) is 0.758. The Kier molecular flexibility index (Phi) is 4.62. The smallest absolute Gasteiger partial charge is 0.00915 e. The summed E-state index contributed by atoms with van der Waals surface area (Å²) < 4.78 is 0. The summed E-state index contributed by atoms with van der Waals surface area (Å²) >= 11 is 0. The van der Waals surface area contributed by atoms with Gasteiger partial charge in [0.25, 0.3) is 0 Å². The van der Waals surface area contributed by atoms with Gasteiger partial charge < -0.3 is 16.0 Å². The van der Waals surface area contributed by atoms with E-state index in [-0.39, 0.29) is 0 Å². The summed E-state index contributed by atoms with van der Waals surface area (Å²) in [6, 6.07) is 1.26. The highest BCUT2D eigenvalue weighted by Crippen LogP contribution is 2.22. The van der Waals surface area contributed by atoms with E-state index in [1.165, 1.54) is 58.2 Å². The lowest BCUT2D eigenvalue weighted by Gasteiger charge is -2.32. The van der Waals surface area contributed by atoms with Crippen molar-refractivity contribution < 1.29 is 0 Å². The molecule has 0 radical (unpaired) electrons. The van der Waals surface area contributed by atoms with Gasteiger partial charge in [-0.25, -0.2) is 0 Å². The Morgan fingerprint density at radius 1 is 1.06 bits per heavy atom. The zero-order valence-corrected chi connectivity index (χ0v) is 10.6. The largest absolute Gasteiger partial charge is 0.328 e. The van der Waals surface area contributed by atoms with Crippen LogP contribution >= 0.6 is 0 Å².